The zero-order chi connectivity index (χ0) is 15.1. The maximum atomic E-state index is 6.09. The van der Waals surface area contributed by atoms with Gasteiger partial charge in [-0.2, -0.15) is 0 Å². The highest BCUT2D eigenvalue weighted by Crippen LogP contribution is 2.24. The summed E-state index contributed by atoms with van der Waals surface area (Å²) in [6.45, 7) is 2.47. The van der Waals surface area contributed by atoms with Crippen LogP contribution in [-0.2, 0) is 0 Å². The minimum Gasteiger partial charge on any atom is -0.381 e. The lowest BCUT2D eigenvalue weighted by Crippen LogP contribution is -2.34. The van der Waals surface area contributed by atoms with Gasteiger partial charge in [0.2, 0.25) is 0 Å². The van der Waals surface area contributed by atoms with Crippen molar-refractivity contribution in [3.63, 3.8) is 0 Å². The zero-order valence-electron chi connectivity index (χ0n) is 12.1. The number of imidazole rings is 1. The van der Waals surface area contributed by atoms with Crippen LogP contribution in [0.15, 0.2) is 24.7 Å². The molecule has 114 valence electrons. The van der Waals surface area contributed by atoms with E-state index in [4.69, 9.17) is 11.6 Å². The van der Waals surface area contributed by atoms with Crippen molar-refractivity contribution in [2.75, 3.05) is 25.4 Å². The molecule has 0 radical (unpaired) electrons. The number of hydrazine groups is 2. The molecule has 0 bridgehead atoms. The van der Waals surface area contributed by atoms with Crippen molar-refractivity contribution >= 4 is 22.6 Å². The number of nitrogens with zero attached hydrogens (tertiary/aromatic N) is 4. The third kappa shape index (κ3) is 2.13. The Morgan fingerprint density at radius 2 is 2.14 bits per heavy atom. The number of aromatic nitrogens is 3. The summed E-state index contributed by atoms with van der Waals surface area (Å²) in [7, 11) is 0. The summed E-state index contributed by atoms with van der Waals surface area (Å²) >= 11 is 0. The highest BCUT2D eigenvalue weighted by Gasteiger charge is 2.18. The average molecular weight is 298 g/mol. The minimum atomic E-state index is 0.436. The van der Waals surface area contributed by atoms with E-state index in [-0.39, 0.29) is 0 Å². The number of nitrogens with two attached hydrogens (primary N) is 2. The van der Waals surface area contributed by atoms with Crippen molar-refractivity contribution in [2.45, 2.75) is 6.42 Å². The summed E-state index contributed by atoms with van der Waals surface area (Å²) in [5.74, 6) is 6.15. The Bertz CT molecular complexity index is 787. The fraction of sp³-hybridized carbons (Fsp3) is 0.286. The Morgan fingerprint density at radius 1 is 1.23 bits per heavy atom. The first-order valence-electron chi connectivity index (χ1n) is 7.24. The highest BCUT2D eigenvalue weighted by atomic mass is 15.7. The summed E-state index contributed by atoms with van der Waals surface area (Å²) in [6.07, 6.45) is 8.85. The van der Waals surface area contributed by atoms with Crippen LogP contribution in [0, 0.1) is 0 Å². The van der Waals surface area contributed by atoms with Crippen molar-refractivity contribution in [3.8, 4) is 0 Å². The van der Waals surface area contributed by atoms with Crippen molar-refractivity contribution in [1.29, 1.82) is 0 Å². The number of nitrogens with one attached hydrogen (secondary N) is 2. The molecule has 2 aromatic rings. The molecular weight excluding hydrogens is 280 g/mol. The molecule has 8 nitrogen and oxygen atoms in total. The van der Waals surface area contributed by atoms with E-state index in [1.165, 1.54) is 10.7 Å². The fourth-order valence-corrected chi connectivity index (χ4v) is 2.84. The Balaban J connectivity index is 1.85. The molecule has 0 aromatic carbocycles. The van der Waals surface area contributed by atoms with Crippen LogP contribution < -0.4 is 22.3 Å². The molecule has 0 aliphatic carbocycles. The lowest BCUT2D eigenvalue weighted by Gasteiger charge is -2.15. The molecule has 0 saturated carbocycles. The van der Waals surface area contributed by atoms with Crippen LogP contribution in [0.1, 0.15) is 17.8 Å². The van der Waals surface area contributed by atoms with E-state index in [1.807, 2.05) is 16.8 Å². The predicted octanol–water partition coefficient (Wildman–Crippen LogP) is -0.277. The largest absolute Gasteiger partial charge is 0.381 e. The molecule has 6 N–H and O–H groups in total. The molecule has 8 heteroatoms. The first-order valence-corrected chi connectivity index (χ1v) is 7.24. The summed E-state index contributed by atoms with van der Waals surface area (Å²) in [5.41, 5.74) is 13.9. The molecule has 4 rings (SSSR count). The summed E-state index contributed by atoms with van der Waals surface area (Å²) < 4.78 is 1.99. The zero-order valence-corrected chi connectivity index (χ0v) is 12.1. The van der Waals surface area contributed by atoms with Gasteiger partial charge in [0.15, 0.2) is 11.5 Å². The van der Waals surface area contributed by atoms with Crippen LogP contribution in [0.5, 0.6) is 0 Å². The van der Waals surface area contributed by atoms with Gasteiger partial charge in [0.05, 0.1) is 17.6 Å². The van der Waals surface area contributed by atoms with Gasteiger partial charge in [0, 0.05) is 31.1 Å². The number of rotatable bonds is 2. The number of nitrogen functional groups attached to an aromatic ring is 1. The second kappa shape index (κ2) is 5.09. The van der Waals surface area contributed by atoms with Gasteiger partial charge >= 0.3 is 0 Å². The molecule has 0 fully saturated rings. The third-order valence-corrected chi connectivity index (χ3v) is 3.95. The van der Waals surface area contributed by atoms with Crippen LogP contribution in [0.3, 0.4) is 0 Å². The Kier molecular flexibility index (Phi) is 3.07. The molecule has 22 heavy (non-hydrogen) atoms. The van der Waals surface area contributed by atoms with Crippen molar-refractivity contribution in [3.05, 3.63) is 36.1 Å². The summed E-state index contributed by atoms with van der Waals surface area (Å²) in [4.78, 5) is 8.88. The van der Waals surface area contributed by atoms with Crippen LogP contribution in [0.4, 0.5) is 5.82 Å². The van der Waals surface area contributed by atoms with Gasteiger partial charge in [-0.25, -0.2) is 21.2 Å². The lowest BCUT2D eigenvalue weighted by molar-refractivity contribution is 0.319. The van der Waals surface area contributed by atoms with Crippen LogP contribution in [0.25, 0.3) is 16.8 Å². The van der Waals surface area contributed by atoms with Gasteiger partial charge in [-0.15, -0.1) is 0 Å². The van der Waals surface area contributed by atoms with Gasteiger partial charge in [-0.1, -0.05) is 6.08 Å². The monoisotopic (exact) mass is 298 g/mol. The first kappa shape index (κ1) is 13.3. The number of fused-ring (bicyclic) bond motifs is 1. The molecule has 0 atom stereocenters. The quantitative estimate of drug-likeness (QED) is 0.565. The molecule has 4 heterocycles. The van der Waals surface area contributed by atoms with E-state index in [2.05, 4.69) is 26.8 Å². The smallest absolute Gasteiger partial charge is 0.180 e. The van der Waals surface area contributed by atoms with Gasteiger partial charge in [-0.05, 0) is 18.5 Å². The van der Waals surface area contributed by atoms with Crippen LogP contribution in [0.2, 0.25) is 0 Å². The van der Waals surface area contributed by atoms with E-state index < -0.39 is 0 Å². The molecule has 2 aliphatic rings. The van der Waals surface area contributed by atoms with Gasteiger partial charge in [-0.3, -0.25) is 9.52 Å². The van der Waals surface area contributed by atoms with Gasteiger partial charge in [0.1, 0.15) is 0 Å². The predicted molar refractivity (Wildman–Crippen MR) is 84.9 cm³/mol. The van der Waals surface area contributed by atoms with Gasteiger partial charge in [0.25, 0.3) is 0 Å². The fourth-order valence-electron chi connectivity index (χ4n) is 2.84. The second-order valence-electron chi connectivity index (χ2n) is 5.44. The summed E-state index contributed by atoms with van der Waals surface area (Å²) in [5, 5.41) is 4.80. The molecule has 0 amide bonds. The standard InChI is InChI=1S/C14H18N8/c15-13-14-18-6-12(10-5-19-22(16)7-10)21(14)8-11(20-13)9-2-1-3-17-4-9/h2,6-8,17,19H,1,3-5,16H2,(H2,15,20). The van der Waals surface area contributed by atoms with E-state index in [9.17, 15) is 0 Å². The second-order valence-corrected chi connectivity index (χ2v) is 5.44. The minimum absolute atomic E-state index is 0.436. The topological polar surface area (TPSA) is 110 Å². The van der Waals surface area contributed by atoms with Crippen LogP contribution in [-0.4, -0.2) is 39.1 Å². The Labute approximate surface area is 127 Å². The maximum absolute atomic E-state index is 6.09. The number of hydrogen-bond acceptors (Lipinski definition) is 7. The highest BCUT2D eigenvalue weighted by molar-refractivity contribution is 5.74. The molecule has 0 saturated heterocycles. The lowest BCUT2D eigenvalue weighted by atomic mass is 10.1. The van der Waals surface area contributed by atoms with Crippen LogP contribution >= 0.6 is 0 Å². The third-order valence-electron chi connectivity index (χ3n) is 3.95. The van der Waals surface area contributed by atoms with E-state index in [0.29, 0.717) is 18.0 Å². The summed E-state index contributed by atoms with van der Waals surface area (Å²) in [6, 6.07) is 0. The Morgan fingerprint density at radius 3 is 2.86 bits per heavy atom. The Hall–Kier alpha value is -2.42. The van der Waals surface area contributed by atoms with Gasteiger partial charge < -0.3 is 11.1 Å². The molecule has 0 spiro atoms. The number of hydrogen-bond donors (Lipinski definition) is 4. The maximum Gasteiger partial charge on any atom is 0.180 e. The molecular formula is C14H18N8. The number of anilines is 1. The average Bonchev–Trinajstić information content (AvgIpc) is 3.14. The SMILES string of the molecule is Nc1nc(C2=CCCNC2)cn2c(C3=CN(N)NC3)cnc12. The van der Waals surface area contributed by atoms with Crippen molar-refractivity contribution in [2.24, 2.45) is 5.84 Å². The molecule has 2 aliphatic heterocycles. The normalized spacial score (nSPS) is 18.7. The first-order chi connectivity index (χ1) is 10.7. The molecule has 0 unspecified atom stereocenters. The van der Waals surface area contributed by atoms with Crippen molar-refractivity contribution < 1.29 is 0 Å². The van der Waals surface area contributed by atoms with E-state index >= 15 is 0 Å². The van der Waals surface area contributed by atoms with Crippen molar-refractivity contribution in [1.82, 2.24) is 30.2 Å². The molecule has 2 aromatic heterocycles. The van der Waals surface area contributed by atoms with E-state index in [1.54, 1.807) is 6.20 Å². The van der Waals surface area contributed by atoms with E-state index in [0.717, 1.165) is 36.5 Å².